The Bertz CT molecular complexity index is 731. The van der Waals surface area contributed by atoms with Crippen molar-refractivity contribution in [3.8, 4) is 16.9 Å². The van der Waals surface area contributed by atoms with Crippen molar-refractivity contribution in [3.63, 3.8) is 0 Å². The Labute approximate surface area is 117 Å². The van der Waals surface area contributed by atoms with Crippen LogP contribution in [-0.4, -0.2) is 35.8 Å². The van der Waals surface area contributed by atoms with E-state index in [0.717, 1.165) is 28.2 Å². The second kappa shape index (κ2) is 4.85. The Hall–Kier alpha value is -2.56. The Kier molecular flexibility index (Phi) is 3.02. The Morgan fingerprint density at radius 1 is 1.15 bits per heavy atom. The lowest BCUT2D eigenvalue weighted by molar-refractivity contribution is 0.417. The molecule has 0 radical (unpaired) electrons. The lowest BCUT2D eigenvalue weighted by Crippen LogP contribution is -2.10. The predicted octanol–water partition coefficient (Wildman–Crippen LogP) is 2.47. The molecule has 0 saturated heterocycles. The van der Waals surface area contributed by atoms with E-state index in [1.54, 1.807) is 13.3 Å². The van der Waals surface area contributed by atoms with E-state index in [2.05, 4.69) is 10.1 Å². The number of hydrogen-bond donors (Lipinski definition) is 0. The zero-order chi connectivity index (χ0) is 14.1. The molecule has 3 rings (SSSR count). The number of rotatable bonds is 3. The van der Waals surface area contributed by atoms with Crippen molar-refractivity contribution in [3.05, 3.63) is 42.9 Å². The maximum atomic E-state index is 5.42. The smallest absolute Gasteiger partial charge is 0.145 e. The van der Waals surface area contributed by atoms with Crippen molar-refractivity contribution in [2.75, 3.05) is 26.1 Å². The summed E-state index contributed by atoms with van der Waals surface area (Å²) in [6.45, 7) is 0. The number of pyridine rings is 2. The summed E-state index contributed by atoms with van der Waals surface area (Å²) >= 11 is 0. The molecule has 5 heteroatoms. The number of ether oxygens (including phenoxy) is 1. The van der Waals surface area contributed by atoms with Gasteiger partial charge in [0.2, 0.25) is 0 Å². The molecule has 0 unspecified atom stereocenters. The second-order valence-electron chi connectivity index (χ2n) is 4.76. The molecule has 102 valence electrons. The minimum atomic E-state index is 0.802. The highest BCUT2D eigenvalue weighted by Gasteiger charge is 2.07. The van der Waals surface area contributed by atoms with E-state index >= 15 is 0 Å². The summed E-state index contributed by atoms with van der Waals surface area (Å²) in [5.41, 5.74) is 3.01. The molecule has 3 heterocycles. The molecule has 0 aromatic carbocycles. The van der Waals surface area contributed by atoms with Crippen LogP contribution in [0.3, 0.4) is 0 Å². The van der Waals surface area contributed by atoms with Gasteiger partial charge in [-0.1, -0.05) is 0 Å². The summed E-state index contributed by atoms with van der Waals surface area (Å²) in [6, 6.07) is 7.97. The van der Waals surface area contributed by atoms with Crippen LogP contribution in [0.1, 0.15) is 0 Å². The molecular weight excluding hydrogens is 252 g/mol. The van der Waals surface area contributed by atoms with Gasteiger partial charge in [0.15, 0.2) is 0 Å². The standard InChI is InChI=1S/C15H16N4O/c1-18(2)15-5-4-11(9-16-15)12-8-14(20-3)13-6-7-17-19(13)10-12/h4-10H,1-3H3. The maximum absolute atomic E-state index is 5.42. The van der Waals surface area contributed by atoms with Gasteiger partial charge in [0.05, 0.1) is 13.3 Å². The fourth-order valence-electron chi connectivity index (χ4n) is 2.14. The maximum Gasteiger partial charge on any atom is 0.145 e. The molecule has 5 nitrogen and oxygen atoms in total. The van der Waals surface area contributed by atoms with Crippen LogP contribution in [0.4, 0.5) is 5.82 Å². The normalized spacial score (nSPS) is 10.8. The van der Waals surface area contributed by atoms with Crippen molar-refractivity contribution in [2.24, 2.45) is 0 Å². The largest absolute Gasteiger partial charge is 0.494 e. The van der Waals surface area contributed by atoms with Crippen LogP contribution < -0.4 is 9.64 Å². The number of anilines is 1. The topological polar surface area (TPSA) is 42.7 Å². The van der Waals surface area contributed by atoms with Crippen LogP contribution in [0.2, 0.25) is 0 Å². The first-order valence-electron chi connectivity index (χ1n) is 6.34. The molecule has 0 atom stereocenters. The summed E-state index contributed by atoms with van der Waals surface area (Å²) in [6.07, 6.45) is 5.60. The van der Waals surface area contributed by atoms with Crippen LogP contribution in [-0.2, 0) is 0 Å². The van der Waals surface area contributed by atoms with Crippen LogP contribution in [0, 0.1) is 0 Å². The van der Waals surface area contributed by atoms with Gasteiger partial charge in [-0.25, -0.2) is 9.50 Å². The summed E-state index contributed by atoms with van der Waals surface area (Å²) in [5.74, 6) is 1.73. The number of nitrogens with zero attached hydrogens (tertiary/aromatic N) is 4. The molecule has 20 heavy (non-hydrogen) atoms. The van der Waals surface area contributed by atoms with Crippen LogP contribution in [0.25, 0.3) is 16.6 Å². The lowest BCUT2D eigenvalue weighted by atomic mass is 10.1. The van der Waals surface area contributed by atoms with Crippen LogP contribution in [0.5, 0.6) is 5.75 Å². The molecule has 0 aliphatic heterocycles. The first kappa shape index (κ1) is 12.5. The quantitative estimate of drug-likeness (QED) is 0.732. The van der Waals surface area contributed by atoms with Gasteiger partial charge in [-0.2, -0.15) is 5.10 Å². The van der Waals surface area contributed by atoms with Gasteiger partial charge >= 0.3 is 0 Å². The molecular formula is C15H16N4O. The summed E-state index contributed by atoms with van der Waals surface area (Å²) in [5, 5.41) is 4.27. The van der Waals surface area contributed by atoms with E-state index < -0.39 is 0 Å². The third-order valence-electron chi connectivity index (χ3n) is 3.23. The van der Waals surface area contributed by atoms with E-state index in [4.69, 9.17) is 4.74 Å². The van der Waals surface area contributed by atoms with Crippen molar-refractivity contribution in [1.82, 2.24) is 14.6 Å². The Morgan fingerprint density at radius 3 is 2.65 bits per heavy atom. The first-order valence-corrected chi connectivity index (χ1v) is 6.34. The highest BCUT2D eigenvalue weighted by Crippen LogP contribution is 2.27. The average molecular weight is 268 g/mol. The monoisotopic (exact) mass is 268 g/mol. The molecule has 0 aliphatic rings. The third-order valence-corrected chi connectivity index (χ3v) is 3.23. The van der Waals surface area contributed by atoms with Crippen molar-refractivity contribution >= 4 is 11.3 Å². The van der Waals surface area contributed by atoms with Crippen molar-refractivity contribution in [1.29, 1.82) is 0 Å². The molecule has 0 spiro atoms. The van der Waals surface area contributed by atoms with E-state index in [9.17, 15) is 0 Å². The second-order valence-corrected chi connectivity index (χ2v) is 4.76. The molecule has 3 aromatic rings. The minimum absolute atomic E-state index is 0.802. The van der Waals surface area contributed by atoms with Gasteiger partial charge in [0.25, 0.3) is 0 Å². The van der Waals surface area contributed by atoms with Gasteiger partial charge in [0.1, 0.15) is 17.1 Å². The fraction of sp³-hybridized carbons (Fsp3) is 0.200. The van der Waals surface area contributed by atoms with Gasteiger partial charge in [-0.15, -0.1) is 0 Å². The highest BCUT2D eigenvalue weighted by atomic mass is 16.5. The molecule has 0 amide bonds. The molecule has 3 aromatic heterocycles. The van der Waals surface area contributed by atoms with Gasteiger partial charge in [-0.3, -0.25) is 0 Å². The van der Waals surface area contributed by atoms with E-state index in [0.29, 0.717) is 0 Å². The van der Waals surface area contributed by atoms with Gasteiger partial charge in [-0.05, 0) is 24.3 Å². The number of fused-ring (bicyclic) bond motifs is 1. The average Bonchev–Trinajstić information content (AvgIpc) is 2.94. The zero-order valence-corrected chi connectivity index (χ0v) is 11.7. The van der Waals surface area contributed by atoms with Gasteiger partial charge in [0, 0.05) is 37.6 Å². The summed E-state index contributed by atoms with van der Waals surface area (Å²) < 4.78 is 7.23. The molecule has 0 aliphatic carbocycles. The molecule has 0 bridgehead atoms. The number of hydrogen-bond acceptors (Lipinski definition) is 4. The lowest BCUT2D eigenvalue weighted by Gasteiger charge is -2.12. The Balaban J connectivity index is 2.09. The third kappa shape index (κ3) is 2.07. The van der Waals surface area contributed by atoms with E-state index in [1.165, 1.54) is 0 Å². The minimum Gasteiger partial charge on any atom is -0.494 e. The van der Waals surface area contributed by atoms with Crippen molar-refractivity contribution in [2.45, 2.75) is 0 Å². The molecule has 0 fully saturated rings. The summed E-state index contributed by atoms with van der Waals surface area (Å²) in [4.78, 5) is 6.41. The van der Waals surface area contributed by atoms with Crippen LogP contribution >= 0.6 is 0 Å². The predicted molar refractivity (Wildman–Crippen MR) is 79.3 cm³/mol. The fourth-order valence-corrected chi connectivity index (χ4v) is 2.14. The summed E-state index contributed by atoms with van der Waals surface area (Å²) in [7, 11) is 5.61. The number of aromatic nitrogens is 3. The van der Waals surface area contributed by atoms with Crippen molar-refractivity contribution < 1.29 is 4.74 Å². The number of methoxy groups -OCH3 is 1. The Morgan fingerprint density at radius 2 is 2.00 bits per heavy atom. The van der Waals surface area contributed by atoms with Gasteiger partial charge < -0.3 is 9.64 Å². The SMILES string of the molecule is COc1cc(-c2ccc(N(C)C)nc2)cn2nccc12. The highest BCUT2D eigenvalue weighted by molar-refractivity contribution is 5.71. The van der Waals surface area contributed by atoms with E-state index in [1.807, 2.05) is 60.2 Å². The van der Waals surface area contributed by atoms with Crippen LogP contribution in [0.15, 0.2) is 42.9 Å². The zero-order valence-electron chi connectivity index (χ0n) is 11.7. The van der Waals surface area contributed by atoms with E-state index in [-0.39, 0.29) is 0 Å². The first-order chi connectivity index (χ1) is 9.69. The molecule has 0 N–H and O–H groups in total. The molecule has 0 saturated carbocycles.